The zero-order valence-electron chi connectivity index (χ0n) is 16.3. The Labute approximate surface area is 167 Å². The number of carbonyl (C=O) groups is 2. The van der Waals surface area contributed by atoms with E-state index in [4.69, 9.17) is 0 Å². The Morgan fingerprint density at radius 3 is 2.59 bits per heavy atom. The average molecular weight is 393 g/mol. The highest BCUT2D eigenvalue weighted by Gasteiger charge is 2.31. The molecule has 150 valence electrons. The number of aryl methyl sites for hydroxylation is 1. The Kier molecular flexibility index (Phi) is 4.30. The van der Waals surface area contributed by atoms with E-state index in [0.29, 0.717) is 18.7 Å². The Balaban J connectivity index is 1.27. The number of fused-ring (bicyclic) bond motifs is 1. The van der Waals surface area contributed by atoms with Gasteiger partial charge < -0.3 is 10.2 Å². The van der Waals surface area contributed by atoms with Crippen LogP contribution in [0.15, 0.2) is 30.7 Å². The van der Waals surface area contributed by atoms with Gasteiger partial charge in [-0.2, -0.15) is 10.2 Å². The predicted molar refractivity (Wildman–Crippen MR) is 105 cm³/mol. The third kappa shape index (κ3) is 3.26. The van der Waals surface area contributed by atoms with Crippen molar-refractivity contribution in [2.45, 2.75) is 38.6 Å². The minimum atomic E-state index is -0.0198. The summed E-state index contributed by atoms with van der Waals surface area (Å²) in [7, 11) is 0. The van der Waals surface area contributed by atoms with Crippen LogP contribution in [0.1, 0.15) is 47.8 Å². The first kappa shape index (κ1) is 17.8. The number of rotatable bonds is 4. The van der Waals surface area contributed by atoms with Crippen molar-refractivity contribution < 1.29 is 9.59 Å². The molecule has 0 spiro atoms. The Morgan fingerprint density at radius 2 is 1.83 bits per heavy atom. The van der Waals surface area contributed by atoms with Crippen LogP contribution in [0.3, 0.4) is 0 Å². The Morgan fingerprint density at radius 1 is 1.07 bits per heavy atom. The fourth-order valence-corrected chi connectivity index (χ4v) is 3.96. The van der Waals surface area contributed by atoms with Gasteiger partial charge in [-0.1, -0.05) is 0 Å². The molecule has 3 aromatic rings. The number of aromatic nitrogens is 5. The van der Waals surface area contributed by atoms with Crippen LogP contribution in [0.4, 0.5) is 5.82 Å². The minimum absolute atomic E-state index is 0.0198. The molecule has 1 aliphatic carbocycles. The van der Waals surface area contributed by atoms with E-state index in [9.17, 15) is 9.59 Å². The number of likely N-dealkylation sites (tertiary alicyclic amines) is 1. The highest BCUT2D eigenvalue weighted by Crippen LogP contribution is 2.31. The lowest BCUT2D eigenvalue weighted by molar-refractivity contribution is -0.117. The smallest absolute Gasteiger partial charge is 0.257 e. The van der Waals surface area contributed by atoms with Crippen LogP contribution in [0.25, 0.3) is 5.65 Å². The van der Waals surface area contributed by atoms with Gasteiger partial charge in [-0.3, -0.25) is 9.59 Å². The molecular formula is C20H23N7O2. The van der Waals surface area contributed by atoms with Crippen LogP contribution in [-0.2, 0) is 4.79 Å². The Bertz CT molecular complexity index is 1070. The SMILES string of the molecule is Cc1c(C(=O)N2CCC(n3nccc3NC(=O)C3CC3)CC2)cnc2ccnn12. The van der Waals surface area contributed by atoms with Crippen LogP contribution in [0, 0.1) is 12.8 Å². The largest absolute Gasteiger partial charge is 0.338 e. The van der Waals surface area contributed by atoms with Crippen molar-refractivity contribution in [1.82, 2.24) is 29.3 Å². The molecule has 2 aliphatic rings. The van der Waals surface area contributed by atoms with Gasteiger partial charge in [0.25, 0.3) is 5.91 Å². The zero-order valence-corrected chi connectivity index (χ0v) is 16.3. The van der Waals surface area contributed by atoms with E-state index in [1.807, 2.05) is 28.6 Å². The number of amides is 2. The van der Waals surface area contributed by atoms with Gasteiger partial charge in [0.15, 0.2) is 5.65 Å². The molecule has 4 heterocycles. The summed E-state index contributed by atoms with van der Waals surface area (Å²) in [6.07, 6.45) is 8.55. The third-order valence-electron chi connectivity index (χ3n) is 5.85. The van der Waals surface area contributed by atoms with Gasteiger partial charge >= 0.3 is 0 Å². The van der Waals surface area contributed by atoms with Crippen molar-refractivity contribution in [2.75, 3.05) is 18.4 Å². The highest BCUT2D eigenvalue weighted by atomic mass is 16.2. The van der Waals surface area contributed by atoms with Crippen LogP contribution < -0.4 is 5.32 Å². The molecule has 0 radical (unpaired) electrons. The maximum Gasteiger partial charge on any atom is 0.257 e. The second-order valence-corrected chi connectivity index (χ2v) is 7.81. The van der Waals surface area contributed by atoms with Crippen molar-refractivity contribution >= 4 is 23.3 Å². The summed E-state index contributed by atoms with van der Waals surface area (Å²) in [6, 6.07) is 3.82. The maximum absolute atomic E-state index is 13.0. The van der Waals surface area contributed by atoms with E-state index >= 15 is 0 Å². The number of carbonyl (C=O) groups excluding carboxylic acids is 2. The molecule has 2 amide bonds. The number of piperidine rings is 1. The van der Waals surface area contributed by atoms with Crippen LogP contribution in [-0.4, -0.2) is 54.2 Å². The first-order chi connectivity index (χ1) is 14.1. The minimum Gasteiger partial charge on any atom is -0.338 e. The molecule has 9 heteroatoms. The van der Waals surface area contributed by atoms with E-state index in [2.05, 4.69) is 20.5 Å². The second kappa shape index (κ2) is 6.98. The van der Waals surface area contributed by atoms with Crippen molar-refractivity contribution in [3.63, 3.8) is 0 Å². The molecule has 29 heavy (non-hydrogen) atoms. The molecule has 3 aromatic heterocycles. The van der Waals surface area contributed by atoms with Gasteiger partial charge in [-0.15, -0.1) is 0 Å². The standard InChI is InChI=1S/C20H23N7O2/c1-13-16(12-21-17-4-8-22-26(13)17)20(29)25-10-6-15(7-11-25)27-18(5-9-23-27)24-19(28)14-2-3-14/h4-5,8-9,12,14-15H,2-3,6-7,10-11H2,1H3,(H,24,28). The average Bonchev–Trinajstić information content (AvgIpc) is 3.30. The summed E-state index contributed by atoms with van der Waals surface area (Å²) in [5.74, 6) is 0.961. The number of hydrogen-bond donors (Lipinski definition) is 1. The van der Waals surface area contributed by atoms with E-state index in [1.54, 1.807) is 23.1 Å². The van der Waals surface area contributed by atoms with Crippen molar-refractivity contribution in [1.29, 1.82) is 0 Å². The van der Waals surface area contributed by atoms with E-state index in [1.165, 1.54) is 0 Å². The van der Waals surface area contributed by atoms with Crippen molar-refractivity contribution in [2.24, 2.45) is 5.92 Å². The van der Waals surface area contributed by atoms with Gasteiger partial charge in [0, 0.05) is 37.3 Å². The molecule has 2 fully saturated rings. The van der Waals surface area contributed by atoms with Crippen molar-refractivity contribution in [3.8, 4) is 0 Å². The second-order valence-electron chi connectivity index (χ2n) is 7.81. The number of nitrogens with zero attached hydrogens (tertiary/aromatic N) is 6. The normalized spacial score (nSPS) is 17.6. The highest BCUT2D eigenvalue weighted by molar-refractivity contribution is 5.95. The van der Waals surface area contributed by atoms with Gasteiger partial charge in [-0.05, 0) is 32.6 Å². The maximum atomic E-state index is 13.0. The molecule has 1 aliphatic heterocycles. The summed E-state index contributed by atoms with van der Waals surface area (Å²) < 4.78 is 3.59. The molecule has 1 saturated heterocycles. The topological polar surface area (TPSA) is 97.4 Å². The molecule has 1 saturated carbocycles. The first-order valence-corrected chi connectivity index (χ1v) is 10.0. The van der Waals surface area contributed by atoms with Crippen LogP contribution in [0.2, 0.25) is 0 Å². The predicted octanol–water partition coefficient (Wildman–Crippen LogP) is 2.06. The summed E-state index contributed by atoms with van der Waals surface area (Å²) in [6.45, 7) is 3.16. The lowest BCUT2D eigenvalue weighted by Crippen LogP contribution is -2.40. The summed E-state index contributed by atoms with van der Waals surface area (Å²) in [4.78, 5) is 31.3. The quantitative estimate of drug-likeness (QED) is 0.732. The molecule has 0 unspecified atom stereocenters. The number of nitrogens with one attached hydrogen (secondary N) is 1. The molecule has 0 aromatic carbocycles. The molecular weight excluding hydrogens is 370 g/mol. The van der Waals surface area contributed by atoms with Gasteiger partial charge in [0.2, 0.25) is 5.91 Å². The zero-order chi connectivity index (χ0) is 20.0. The molecule has 0 atom stereocenters. The molecule has 1 N–H and O–H groups in total. The summed E-state index contributed by atoms with van der Waals surface area (Å²) in [5, 5.41) is 11.7. The van der Waals surface area contributed by atoms with Gasteiger partial charge in [-0.25, -0.2) is 14.2 Å². The monoisotopic (exact) mass is 393 g/mol. The first-order valence-electron chi connectivity index (χ1n) is 10.0. The molecule has 9 nitrogen and oxygen atoms in total. The molecule has 5 rings (SSSR count). The number of anilines is 1. The number of hydrogen-bond acceptors (Lipinski definition) is 5. The summed E-state index contributed by atoms with van der Waals surface area (Å²) in [5.41, 5.74) is 2.11. The van der Waals surface area contributed by atoms with E-state index in [-0.39, 0.29) is 23.8 Å². The fraction of sp³-hybridized carbons (Fsp3) is 0.450. The lowest BCUT2D eigenvalue weighted by Gasteiger charge is -2.33. The van der Waals surface area contributed by atoms with Gasteiger partial charge in [0.1, 0.15) is 5.82 Å². The lowest BCUT2D eigenvalue weighted by atomic mass is 10.0. The van der Waals surface area contributed by atoms with E-state index < -0.39 is 0 Å². The fourth-order valence-electron chi connectivity index (χ4n) is 3.96. The summed E-state index contributed by atoms with van der Waals surface area (Å²) >= 11 is 0. The Hall–Kier alpha value is -3.23. The van der Waals surface area contributed by atoms with E-state index in [0.717, 1.165) is 42.8 Å². The van der Waals surface area contributed by atoms with Crippen LogP contribution in [0.5, 0.6) is 0 Å². The third-order valence-corrected chi connectivity index (χ3v) is 5.85. The van der Waals surface area contributed by atoms with Crippen LogP contribution >= 0.6 is 0 Å². The van der Waals surface area contributed by atoms with Crippen molar-refractivity contribution in [3.05, 3.63) is 42.0 Å². The molecule has 0 bridgehead atoms. The van der Waals surface area contributed by atoms with Gasteiger partial charge in [0.05, 0.1) is 29.7 Å².